The van der Waals surface area contributed by atoms with E-state index >= 15 is 0 Å². The van der Waals surface area contributed by atoms with Crippen molar-refractivity contribution in [3.8, 4) is 0 Å². The summed E-state index contributed by atoms with van der Waals surface area (Å²) in [4.78, 5) is 2.00. The molecule has 6 nitrogen and oxygen atoms in total. The van der Waals surface area contributed by atoms with Crippen molar-refractivity contribution < 1.29 is 4.39 Å². The average Bonchev–Trinajstić information content (AvgIpc) is 3.22. The molecule has 1 saturated heterocycles. The lowest BCUT2D eigenvalue weighted by atomic mass is 10.1. The number of H-pyrrole nitrogens is 1. The predicted molar refractivity (Wildman–Crippen MR) is 90.5 cm³/mol. The number of alkyl halides is 1. The second-order valence-corrected chi connectivity index (χ2v) is 6.10. The molecule has 0 aliphatic carbocycles. The lowest BCUT2D eigenvalue weighted by Gasteiger charge is -2.25. The first-order valence-electron chi connectivity index (χ1n) is 8.11. The van der Waals surface area contributed by atoms with Crippen LogP contribution in [-0.4, -0.2) is 45.7 Å². The molecule has 0 unspecified atom stereocenters. The van der Waals surface area contributed by atoms with E-state index < -0.39 is 6.17 Å². The normalized spacial score (nSPS) is 20.8. The number of rotatable bonds is 5. The maximum atomic E-state index is 13.9. The van der Waals surface area contributed by atoms with E-state index in [1.807, 2.05) is 35.4 Å². The van der Waals surface area contributed by atoms with Crippen LogP contribution in [0.15, 0.2) is 42.7 Å². The van der Waals surface area contributed by atoms with Gasteiger partial charge in [0, 0.05) is 37.1 Å². The van der Waals surface area contributed by atoms with E-state index in [4.69, 9.17) is 0 Å². The van der Waals surface area contributed by atoms with Crippen molar-refractivity contribution in [1.82, 2.24) is 25.7 Å². The maximum Gasteiger partial charge on any atom is 0.151 e. The second kappa shape index (κ2) is 6.52. The first kappa shape index (κ1) is 15.0. The van der Waals surface area contributed by atoms with Crippen molar-refractivity contribution in [2.24, 2.45) is 0 Å². The Morgan fingerprint density at radius 3 is 3.12 bits per heavy atom. The Morgan fingerprint density at radius 2 is 2.25 bits per heavy atom. The zero-order chi connectivity index (χ0) is 16.4. The van der Waals surface area contributed by atoms with Gasteiger partial charge in [-0.05, 0) is 17.7 Å². The van der Waals surface area contributed by atoms with Crippen molar-refractivity contribution in [2.75, 3.05) is 18.0 Å². The molecule has 0 bridgehead atoms. The van der Waals surface area contributed by atoms with Crippen LogP contribution < -0.4 is 10.2 Å². The Kier molecular flexibility index (Phi) is 4.08. The van der Waals surface area contributed by atoms with Crippen LogP contribution in [0.4, 0.5) is 10.2 Å². The lowest BCUT2D eigenvalue weighted by molar-refractivity contribution is 0.354. The van der Waals surface area contributed by atoms with Gasteiger partial charge >= 0.3 is 0 Å². The Balaban J connectivity index is 1.42. The van der Waals surface area contributed by atoms with Crippen LogP contribution in [0.25, 0.3) is 10.9 Å². The largest absolute Gasteiger partial charge is 0.348 e. The molecular weight excluding hydrogens is 307 g/mol. The van der Waals surface area contributed by atoms with Crippen molar-refractivity contribution in [1.29, 1.82) is 0 Å². The number of fused-ring (bicyclic) bond motifs is 1. The first-order valence-corrected chi connectivity index (χ1v) is 8.11. The fourth-order valence-corrected chi connectivity index (χ4v) is 3.33. The third-order valence-electron chi connectivity index (χ3n) is 4.47. The summed E-state index contributed by atoms with van der Waals surface area (Å²) in [6.45, 7) is 1.78. The summed E-state index contributed by atoms with van der Waals surface area (Å²) in [6.07, 6.45) is 3.14. The molecule has 4 rings (SSSR count). The van der Waals surface area contributed by atoms with Gasteiger partial charge in [-0.25, -0.2) is 4.39 Å². The smallest absolute Gasteiger partial charge is 0.151 e. The minimum absolute atomic E-state index is 0.0812. The summed E-state index contributed by atoms with van der Waals surface area (Å²) < 4.78 is 13.9. The number of para-hydroxylation sites is 1. The molecule has 1 aliphatic rings. The van der Waals surface area contributed by atoms with E-state index in [0.717, 1.165) is 22.3 Å². The van der Waals surface area contributed by atoms with Crippen molar-refractivity contribution in [3.63, 3.8) is 0 Å². The monoisotopic (exact) mass is 326 g/mol. The van der Waals surface area contributed by atoms with Crippen LogP contribution in [0.2, 0.25) is 0 Å². The van der Waals surface area contributed by atoms with Gasteiger partial charge in [-0.2, -0.15) is 10.2 Å². The minimum atomic E-state index is -0.824. The number of aromatic nitrogens is 4. The predicted octanol–water partition coefficient (Wildman–Crippen LogP) is 2.06. The molecule has 24 heavy (non-hydrogen) atoms. The van der Waals surface area contributed by atoms with Crippen LogP contribution in [0.3, 0.4) is 0 Å². The lowest BCUT2D eigenvalue weighted by Crippen LogP contribution is -2.38. The highest BCUT2D eigenvalue weighted by molar-refractivity contribution is 5.81. The van der Waals surface area contributed by atoms with Crippen LogP contribution >= 0.6 is 0 Å². The molecule has 0 radical (unpaired) electrons. The topological polar surface area (TPSA) is 69.7 Å². The SMILES string of the molecule is F[C@H]1C[C@@H](CNCc2cccc3cn[nH]c23)N(c2cccnn2)C1. The number of anilines is 1. The summed E-state index contributed by atoms with van der Waals surface area (Å²) in [5.41, 5.74) is 2.21. The summed E-state index contributed by atoms with van der Waals surface area (Å²) in [5.74, 6) is 0.736. The van der Waals surface area contributed by atoms with Gasteiger partial charge in [0.2, 0.25) is 0 Å². The van der Waals surface area contributed by atoms with Gasteiger partial charge in [-0.1, -0.05) is 18.2 Å². The van der Waals surface area contributed by atoms with Crippen molar-refractivity contribution in [3.05, 3.63) is 48.3 Å². The quantitative estimate of drug-likeness (QED) is 0.751. The Morgan fingerprint density at radius 1 is 1.29 bits per heavy atom. The Bertz CT molecular complexity index is 805. The molecule has 0 spiro atoms. The standard InChI is InChI=1S/C17H19FN6/c18-14-7-15(24(11-14)16-5-2-6-20-22-16)10-19-8-12-3-1-4-13-9-21-23-17(12)13/h1-6,9,14-15,19H,7-8,10-11H2,(H,21,23)/t14-,15-/m0/s1. The molecule has 1 fully saturated rings. The minimum Gasteiger partial charge on any atom is -0.348 e. The number of nitrogens with zero attached hydrogens (tertiary/aromatic N) is 4. The van der Waals surface area contributed by atoms with Gasteiger partial charge in [-0.15, -0.1) is 5.10 Å². The van der Waals surface area contributed by atoms with Gasteiger partial charge < -0.3 is 10.2 Å². The second-order valence-electron chi connectivity index (χ2n) is 6.10. The zero-order valence-electron chi connectivity index (χ0n) is 13.2. The van der Waals surface area contributed by atoms with E-state index in [9.17, 15) is 4.39 Å². The molecule has 124 valence electrons. The summed E-state index contributed by atoms with van der Waals surface area (Å²) in [6, 6.07) is 9.91. The van der Waals surface area contributed by atoms with Crippen molar-refractivity contribution >= 4 is 16.7 Å². The molecule has 1 aromatic carbocycles. The summed E-state index contributed by atoms with van der Waals surface area (Å²) in [5, 5.41) is 19.7. The third-order valence-corrected chi connectivity index (χ3v) is 4.47. The van der Waals surface area contributed by atoms with Gasteiger partial charge in [0.15, 0.2) is 5.82 Å². The van der Waals surface area contributed by atoms with Gasteiger partial charge in [0.25, 0.3) is 0 Å². The molecule has 2 aromatic heterocycles. The highest BCUT2D eigenvalue weighted by Crippen LogP contribution is 2.25. The number of nitrogens with one attached hydrogen (secondary N) is 2. The zero-order valence-corrected chi connectivity index (χ0v) is 13.2. The highest BCUT2D eigenvalue weighted by atomic mass is 19.1. The highest BCUT2D eigenvalue weighted by Gasteiger charge is 2.32. The van der Waals surface area contributed by atoms with E-state index in [1.54, 1.807) is 6.20 Å². The first-order chi connectivity index (χ1) is 11.8. The summed E-state index contributed by atoms with van der Waals surface area (Å²) >= 11 is 0. The van der Waals surface area contributed by atoms with Crippen LogP contribution in [0.1, 0.15) is 12.0 Å². The fourth-order valence-electron chi connectivity index (χ4n) is 3.33. The number of benzene rings is 1. The average molecular weight is 326 g/mol. The molecule has 2 atom stereocenters. The maximum absolute atomic E-state index is 13.9. The Labute approximate surface area is 139 Å². The van der Waals surface area contributed by atoms with Gasteiger partial charge in [0.1, 0.15) is 6.17 Å². The molecule has 3 aromatic rings. The third kappa shape index (κ3) is 2.94. The van der Waals surface area contributed by atoms with Crippen LogP contribution in [0, 0.1) is 0 Å². The van der Waals surface area contributed by atoms with Crippen LogP contribution in [-0.2, 0) is 6.54 Å². The van der Waals surface area contributed by atoms with Gasteiger partial charge in [0.05, 0.1) is 18.3 Å². The molecule has 1 aliphatic heterocycles. The molecule has 2 N–H and O–H groups in total. The van der Waals surface area contributed by atoms with E-state index in [0.29, 0.717) is 26.1 Å². The fraction of sp³-hybridized carbons (Fsp3) is 0.353. The number of halogens is 1. The number of aromatic amines is 1. The molecule has 0 amide bonds. The molecule has 7 heteroatoms. The molecular formula is C17H19FN6. The Hall–Kier alpha value is -2.54. The van der Waals surface area contributed by atoms with Gasteiger partial charge in [-0.3, -0.25) is 5.10 Å². The van der Waals surface area contributed by atoms with E-state index in [2.05, 4.69) is 31.8 Å². The van der Waals surface area contributed by atoms with Crippen LogP contribution in [0.5, 0.6) is 0 Å². The summed E-state index contributed by atoms with van der Waals surface area (Å²) in [7, 11) is 0. The van der Waals surface area contributed by atoms with E-state index in [1.165, 1.54) is 0 Å². The number of hydrogen-bond donors (Lipinski definition) is 2. The number of hydrogen-bond acceptors (Lipinski definition) is 5. The molecule has 0 saturated carbocycles. The molecule has 3 heterocycles. The van der Waals surface area contributed by atoms with E-state index in [-0.39, 0.29) is 6.04 Å². The van der Waals surface area contributed by atoms with Crippen molar-refractivity contribution in [2.45, 2.75) is 25.2 Å².